The van der Waals surface area contributed by atoms with Gasteiger partial charge in [0.25, 0.3) is 5.24 Å². The summed E-state index contributed by atoms with van der Waals surface area (Å²) >= 11 is 1.02. The van der Waals surface area contributed by atoms with Gasteiger partial charge in [0.1, 0.15) is 11.5 Å². The molecular weight excluding hydrogens is 376 g/mol. The monoisotopic (exact) mass is 396 g/mol. The summed E-state index contributed by atoms with van der Waals surface area (Å²) in [6.45, 7) is 2.44. The van der Waals surface area contributed by atoms with E-state index < -0.39 is 0 Å². The van der Waals surface area contributed by atoms with E-state index in [2.05, 4.69) is 12.2 Å². The number of hydrogen-bond donors (Lipinski definition) is 1. The van der Waals surface area contributed by atoms with Crippen molar-refractivity contribution in [1.82, 2.24) is 4.90 Å². The van der Waals surface area contributed by atoms with Crippen molar-refractivity contribution in [2.45, 2.75) is 25.8 Å². The van der Waals surface area contributed by atoms with Crippen molar-refractivity contribution in [3.05, 3.63) is 59.6 Å². The van der Waals surface area contributed by atoms with Crippen molar-refractivity contribution in [2.24, 2.45) is 5.92 Å². The van der Waals surface area contributed by atoms with Crippen LogP contribution < -0.4 is 5.32 Å². The third kappa shape index (κ3) is 4.20. The highest BCUT2D eigenvalue weighted by Crippen LogP contribution is 2.47. The lowest BCUT2D eigenvalue weighted by Gasteiger charge is -2.13. The molecule has 28 heavy (non-hydrogen) atoms. The van der Waals surface area contributed by atoms with E-state index in [1.807, 2.05) is 12.1 Å². The van der Waals surface area contributed by atoms with Gasteiger partial charge in [0.05, 0.1) is 12.3 Å². The van der Waals surface area contributed by atoms with Crippen molar-refractivity contribution in [1.29, 1.82) is 0 Å². The molecule has 6 nitrogen and oxygen atoms in total. The summed E-state index contributed by atoms with van der Waals surface area (Å²) in [5.41, 5.74) is 1.47. The summed E-state index contributed by atoms with van der Waals surface area (Å²) in [4.78, 5) is 36.6. The Morgan fingerprint density at radius 1 is 1.25 bits per heavy atom. The Hall–Kier alpha value is -2.80. The fraction of sp³-hybridized carbons (Fsp3) is 0.286. The maximum absolute atomic E-state index is 12.1. The first-order valence-corrected chi connectivity index (χ1v) is 10.1. The summed E-state index contributed by atoms with van der Waals surface area (Å²) in [5.74, 6) is 2.61. The number of furan rings is 1. The third-order valence-electron chi connectivity index (χ3n) is 4.92. The van der Waals surface area contributed by atoms with Gasteiger partial charge in [0.15, 0.2) is 0 Å². The molecule has 0 bridgehead atoms. The van der Waals surface area contributed by atoms with E-state index in [0.29, 0.717) is 23.3 Å². The van der Waals surface area contributed by atoms with E-state index in [1.54, 1.807) is 30.3 Å². The molecule has 1 aliphatic heterocycles. The topological polar surface area (TPSA) is 79.6 Å². The lowest BCUT2D eigenvalue weighted by atomic mass is 10.2. The summed E-state index contributed by atoms with van der Waals surface area (Å²) < 4.78 is 5.75. The van der Waals surface area contributed by atoms with Crippen molar-refractivity contribution < 1.29 is 18.8 Å². The van der Waals surface area contributed by atoms with E-state index in [0.717, 1.165) is 29.5 Å². The highest BCUT2D eigenvalue weighted by atomic mass is 32.2. The van der Waals surface area contributed by atoms with E-state index in [1.165, 1.54) is 11.0 Å². The van der Waals surface area contributed by atoms with Crippen molar-refractivity contribution in [3.8, 4) is 0 Å². The van der Waals surface area contributed by atoms with Crippen LogP contribution in [0.1, 0.15) is 36.3 Å². The van der Waals surface area contributed by atoms with Gasteiger partial charge in [-0.05, 0) is 48.2 Å². The standard InChI is InChI=1S/C21H20N2O4S/c1-13-10-17(13)18-8-6-16(27-18)7-9-19(24)22-15-4-2-14(3-5-15)11-23-20(25)12-28-21(23)26/h2-9,13,17H,10-12H2,1H3,(H,22,24)/b9-7+. The zero-order chi connectivity index (χ0) is 19.7. The first-order valence-electron chi connectivity index (χ1n) is 9.14. The number of hydrogen-bond acceptors (Lipinski definition) is 5. The smallest absolute Gasteiger partial charge is 0.289 e. The highest BCUT2D eigenvalue weighted by Gasteiger charge is 2.36. The van der Waals surface area contributed by atoms with Crippen molar-refractivity contribution in [2.75, 3.05) is 11.1 Å². The first-order chi connectivity index (χ1) is 13.5. The zero-order valence-electron chi connectivity index (χ0n) is 15.4. The molecule has 2 aliphatic rings. The molecule has 2 unspecified atom stereocenters. The molecule has 1 aliphatic carbocycles. The van der Waals surface area contributed by atoms with E-state index >= 15 is 0 Å². The van der Waals surface area contributed by atoms with Gasteiger partial charge in [-0.3, -0.25) is 19.3 Å². The Bertz CT molecular complexity index is 932. The number of nitrogens with one attached hydrogen (secondary N) is 1. The Kier molecular flexibility index (Phi) is 5.09. The van der Waals surface area contributed by atoms with Crippen LogP contribution in [0.4, 0.5) is 10.5 Å². The second kappa shape index (κ2) is 7.67. The normalized spacial score (nSPS) is 21.5. The van der Waals surface area contributed by atoms with Gasteiger partial charge in [-0.1, -0.05) is 30.8 Å². The molecular formula is C21H20N2O4S. The molecule has 1 saturated heterocycles. The predicted molar refractivity (Wildman–Crippen MR) is 108 cm³/mol. The Morgan fingerprint density at radius 2 is 2.00 bits per heavy atom. The van der Waals surface area contributed by atoms with E-state index in [9.17, 15) is 14.4 Å². The van der Waals surface area contributed by atoms with Crippen LogP contribution in [-0.2, 0) is 16.1 Å². The molecule has 4 rings (SSSR count). The minimum Gasteiger partial charge on any atom is -0.461 e. The van der Waals surface area contributed by atoms with Gasteiger partial charge in [0.2, 0.25) is 11.8 Å². The second-order valence-electron chi connectivity index (χ2n) is 7.11. The van der Waals surface area contributed by atoms with Gasteiger partial charge >= 0.3 is 0 Å². The molecule has 7 heteroatoms. The molecule has 3 amide bonds. The maximum Gasteiger partial charge on any atom is 0.289 e. The van der Waals surface area contributed by atoms with Gasteiger partial charge in [-0.25, -0.2) is 0 Å². The van der Waals surface area contributed by atoms with Crippen LogP contribution in [0.3, 0.4) is 0 Å². The molecule has 1 aromatic carbocycles. The number of thioether (sulfide) groups is 1. The Morgan fingerprint density at radius 3 is 2.64 bits per heavy atom. The van der Waals surface area contributed by atoms with Crippen LogP contribution in [0.25, 0.3) is 6.08 Å². The summed E-state index contributed by atoms with van der Waals surface area (Å²) in [6.07, 6.45) is 4.25. The van der Waals surface area contributed by atoms with Crippen LogP contribution in [0.2, 0.25) is 0 Å². The van der Waals surface area contributed by atoms with Gasteiger partial charge in [-0.15, -0.1) is 0 Å². The number of rotatable bonds is 6. The van der Waals surface area contributed by atoms with Crippen molar-refractivity contribution in [3.63, 3.8) is 0 Å². The molecule has 2 fully saturated rings. The number of anilines is 1. The quantitative estimate of drug-likeness (QED) is 0.739. The number of nitrogens with zero attached hydrogens (tertiary/aromatic N) is 1. The van der Waals surface area contributed by atoms with Gasteiger partial charge in [-0.2, -0.15) is 0 Å². The van der Waals surface area contributed by atoms with E-state index in [4.69, 9.17) is 4.42 Å². The summed E-state index contributed by atoms with van der Waals surface area (Å²) in [6, 6.07) is 10.9. The fourth-order valence-corrected chi connectivity index (χ4v) is 3.85. The first kappa shape index (κ1) is 18.6. The summed E-state index contributed by atoms with van der Waals surface area (Å²) in [5, 5.41) is 2.56. The molecule has 1 saturated carbocycles. The van der Waals surface area contributed by atoms with Gasteiger partial charge < -0.3 is 9.73 Å². The lowest BCUT2D eigenvalue weighted by molar-refractivity contribution is -0.125. The maximum atomic E-state index is 12.1. The highest BCUT2D eigenvalue weighted by molar-refractivity contribution is 8.14. The number of imide groups is 1. The van der Waals surface area contributed by atoms with Gasteiger partial charge in [0, 0.05) is 17.7 Å². The molecule has 2 aromatic rings. The van der Waals surface area contributed by atoms with Crippen LogP contribution in [0.15, 0.2) is 46.9 Å². The molecule has 0 radical (unpaired) electrons. The number of carbonyl (C=O) groups is 3. The largest absolute Gasteiger partial charge is 0.461 e. The number of carbonyl (C=O) groups excluding carboxylic acids is 3. The number of amides is 3. The number of benzene rings is 1. The van der Waals surface area contributed by atoms with E-state index in [-0.39, 0.29) is 29.4 Å². The average molecular weight is 396 g/mol. The predicted octanol–water partition coefficient (Wildman–Crippen LogP) is 4.25. The lowest BCUT2D eigenvalue weighted by Crippen LogP contribution is -2.27. The minimum atomic E-state index is -0.258. The molecule has 2 atom stereocenters. The molecule has 1 aromatic heterocycles. The fourth-order valence-electron chi connectivity index (χ4n) is 3.13. The molecule has 2 heterocycles. The second-order valence-corrected chi connectivity index (χ2v) is 8.04. The molecule has 1 N–H and O–H groups in total. The third-order valence-corrected chi connectivity index (χ3v) is 5.78. The van der Waals surface area contributed by atoms with Crippen LogP contribution in [-0.4, -0.2) is 27.7 Å². The molecule has 0 spiro atoms. The van der Waals surface area contributed by atoms with Crippen molar-refractivity contribution >= 4 is 40.6 Å². The zero-order valence-corrected chi connectivity index (χ0v) is 16.2. The summed E-state index contributed by atoms with van der Waals surface area (Å²) in [7, 11) is 0. The Balaban J connectivity index is 1.31. The molecule has 144 valence electrons. The van der Waals surface area contributed by atoms with Crippen LogP contribution in [0, 0.1) is 5.92 Å². The van der Waals surface area contributed by atoms with Crippen LogP contribution in [0.5, 0.6) is 0 Å². The minimum absolute atomic E-state index is 0.172. The average Bonchev–Trinajstić information content (AvgIpc) is 3.09. The Labute approximate surface area is 167 Å². The van der Waals surface area contributed by atoms with Crippen LogP contribution >= 0.6 is 11.8 Å². The SMILES string of the molecule is CC1CC1c1ccc(/C=C/C(=O)Nc2ccc(CN3C(=O)CSC3=O)cc2)o1.